The summed E-state index contributed by atoms with van der Waals surface area (Å²) < 4.78 is 0. The second-order valence-corrected chi connectivity index (χ2v) is 4.43. The first-order valence-electron chi connectivity index (χ1n) is 5.57. The van der Waals surface area contributed by atoms with Crippen molar-refractivity contribution in [2.45, 2.75) is 40.5 Å². The molecule has 0 saturated carbocycles. The maximum Gasteiger partial charge on any atom is 0.129 e. The van der Waals surface area contributed by atoms with E-state index in [9.17, 15) is 0 Å². The molecule has 3 heteroatoms. The molecule has 0 aliphatic rings. The number of aryl methyl sites for hydroxylation is 2. The molecule has 0 amide bonds. The molecule has 1 heterocycles. The van der Waals surface area contributed by atoms with Crippen LogP contribution in [-0.2, 0) is 12.8 Å². The van der Waals surface area contributed by atoms with Gasteiger partial charge < -0.3 is 5.73 Å². The van der Waals surface area contributed by atoms with Crippen LogP contribution >= 0.6 is 0 Å². The summed E-state index contributed by atoms with van der Waals surface area (Å²) in [7, 11) is 0. The lowest BCUT2D eigenvalue weighted by atomic mass is 10.1. The molecule has 3 nitrogen and oxygen atoms in total. The Balaban J connectivity index is 2.97. The van der Waals surface area contributed by atoms with E-state index >= 15 is 0 Å². The first kappa shape index (κ1) is 12.1. The molecular formula is C12H21N3. The topological polar surface area (TPSA) is 51.8 Å². The van der Waals surface area contributed by atoms with E-state index < -0.39 is 0 Å². The van der Waals surface area contributed by atoms with Crippen LogP contribution in [0.15, 0.2) is 0 Å². The van der Waals surface area contributed by atoms with E-state index in [4.69, 9.17) is 5.73 Å². The summed E-state index contributed by atoms with van der Waals surface area (Å²) in [6.07, 6.45) is 1.82. The van der Waals surface area contributed by atoms with Crippen LogP contribution in [0.4, 0.5) is 0 Å². The second kappa shape index (κ2) is 5.21. The van der Waals surface area contributed by atoms with Gasteiger partial charge in [-0.05, 0) is 38.3 Å². The van der Waals surface area contributed by atoms with Crippen LogP contribution < -0.4 is 5.73 Å². The maximum atomic E-state index is 5.56. The first-order valence-corrected chi connectivity index (χ1v) is 5.57. The van der Waals surface area contributed by atoms with E-state index in [1.54, 1.807) is 0 Å². The highest BCUT2D eigenvalue weighted by atomic mass is 14.9. The maximum absolute atomic E-state index is 5.56. The molecule has 1 rings (SSSR count). The van der Waals surface area contributed by atoms with Gasteiger partial charge in [0, 0.05) is 17.8 Å². The Kier molecular flexibility index (Phi) is 4.21. The Morgan fingerprint density at radius 3 is 2.07 bits per heavy atom. The minimum absolute atomic E-state index is 0.601. The normalized spacial score (nSPS) is 11.1. The fourth-order valence-corrected chi connectivity index (χ4v) is 1.77. The van der Waals surface area contributed by atoms with Crippen molar-refractivity contribution in [1.29, 1.82) is 0 Å². The van der Waals surface area contributed by atoms with Gasteiger partial charge in [-0.15, -0.1) is 0 Å². The van der Waals surface area contributed by atoms with Crippen molar-refractivity contribution in [2.75, 3.05) is 6.54 Å². The Hall–Kier alpha value is -0.960. The van der Waals surface area contributed by atoms with Gasteiger partial charge in [0.2, 0.25) is 0 Å². The number of nitrogens with zero attached hydrogens (tertiary/aromatic N) is 2. The van der Waals surface area contributed by atoms with Crippen LogP contribution in [-0.4, -0.2) is 16.5 Å². The van der Waals surface area contributed by atoms with Gasteiger partial charge in [-0.2, -0.15) is 0 Å². The van der Waals surface area contributed by atoms with Crippen molar-refractivity contribution in [3.8, 4) is 0 Å². The summed E-state index contributed by atoms with van der Waals surface area (Å²) in [6, 6.07) is 0. The molecule has 15 heavy (non-hydrogen) atoms. The van der Waals surface area contributed by atoms with Crippen molar-refractivity contribution < 1.29 is 0 Å². The molecule has 0 spiro atoms. The smallest absolute Gasteiger partial charge is 0.129 e. The highest BCUT2D eigenvalue weighted by Crippen LogP contribution is 2.12. The summed E-state index contributed by atoms with van der Waals surface area (Å²) in [5.41, 5.74) is 8.95. The third-order valence-corrected chi connectivity index (χ3v) is 2.45. The molecular weight excluding hydrogens is 186 g/mol. The SMILES string of the molecule is Cc1nc(CC(C)C)nc(C)c1CCN. The third-order valence-electron chi connectivity index (χ3n) is 2.45. The Labute approximate surface area is 92.1 Å². The lowest BCUT2D eigenvalue weighted by Crippen LogP contribution is -2.11. The van der Waals surface area contributed by atoms with Crippen molar-refractivity contribution >= 4 is 0 Å². The van der Waals surface area contributed by atoms with E-state index in [0.29, 0.717) is 12.5 Å². The van der Waals surface area contributed by atoms with Gasteiger partial charge in [0.1, 0.15) is 5.82 Å². The monoisotopic (exact) mass is 207 g/mol. The highest BCUT2D eigenvalue weighted by molar-refractivity contribution is 5.24. The largest absolute Gasteiger partial charge is 0.330 e. The number of hydrogen-bond acceptors (Lipinski definition) is 3. The molecule has 0 aliphatic heterocycles. The standard InChI is InChI=1S/C12H21N3/c1-8(2)7-12-14-9(3)11(5-6-13)10(4)15-12/h8H,5-7,13H2,1-4H3. The van der Waals surface area contributed by atoms with Gasteiger partial charge in [0.25, 0.3) is 0 Å². The Morgan fingerprint density at radius 2 is 1.67 bits per heavy atom. The third kappa shape index (κ3) is 3.27. The summed E-state index contributed by atoms with van der Waals surface area (Å²) in [5, 5.41) is 0. The van der Waals surface area contributed by atoms with Crippen molar-refractivity contribution in [2.24, 2.45) is 11.7 Å². The van der Waals surface area contributed by atoms with Gasteiger partial charge in [-0.3, -0.25) is 0 Å². The zero-order valence-electron chi connectivity index (χ0n) is 10.2. The van der Waals surface area contributed by atoms with Crippen LogP contribution in [0.5, 0.6) is 0 Å². The molecule has 84 valence electrons. The first-order chi connectivity index (χ1) is 7.04. The van der Waals surface area contributed by atoms with E-state index in [-0.39, 0.29) is 0 Å². The molecule has 0 aromatic carbocycles. The Bertz CT molecular complexity index is 309. The van der Waals surface area contributed by atoms with Crippen LogP contribution in [0.3, 0.4) is 0 Å². The predicted octanol–water partition coefficient (Wildman–Crippen LogP) is 1.79. The van der Waals surface area contributed by atoms with Crippen LogP contribution in [0.25, 0.3) is 0 Å². The van der Waals surface area contributed by atoms with E-state index in [1.165, 1.54) is 5.56 Å². The fourth-order valence-electron chi connectivity index (χ4n) is 1.77. The summed E-state index contributed by atoms with van der Waals surface area (Å²) >= 11 is 0. The number of aromatic nitrogens is 2. The van der Waals surface area contributed by atoms with Gasteiger partial charge in [-0.25, -0.2) is 9.97 Å². The average Bonchev–Trinajstić information content (AvgIpc) is 2.10. The molecule has 1 aromatic heterocycles. The van der Waals surface area contributed by atoms with Crippen molar-refractivity contribution in [1.82, 2.24) is 9.97 Å². The molecule has 0 saturated heterocycles. The number of hydrogen-bond donors (Lipinski definition) is 1. The van der Waals surface area contributed by atoms with Crippen molar-refractivity contribution in [3.63, 3.8) is 0 Å². The molecule has 0 aliphatic carbocycles. The predicted molar refractivity (Wildman–Crippen MR) is 62.8 cm³/mol. The van der Waals surface area contributed by atoms with E-state index in [1.807, 2.05) is 13.8 Å². The van der Waals surface area contributed by atoms with Gasteiger partial charge in [0.15, 0.2) is 0 Å². The van der Waals surface area contributed by atoms with Crippen LogP contribution in [0, 0.1) is 19.8 Å². The van der Waals surface area contributed by atoms with E-state index in [0.717, 1.165) is 30.1 Å². The molecule has 0 bridgehead atoms. The number of nitrogens with two attached hydrogens (primary N) is 1. The van der Waals surface area contributed by atoms with Crippen LogP contribution in [0.1, 0.15) is 36.6 Å². The minimum Gasteiger partial charge on any atom is -0.330 e. The quantitative estimate of drug-likeness (QED) is 0.819. The molecule has 0 atom stereocenters. The van der Waals surface area contributed by atoms with Gasteiger partial charge in [-0.1, -0.05) is 13.8 Å². The zero-order chi connectivity index (χ0) is 11.4. The molecule has 0 unspecified atom stereocenters. The van der Waals surface area contributed by atoms with Gasteiger partial charge >= 0.3 is 0 Å². The average molecular weight is 207 g/mol. The molecule has 0 radical (unpaired) electrons. The van der Waals surface area contributed by atoms with Crippen LogP contribution in [0.2, 0.25) is 0 Å². The second-order valence-electron chi connectivity index (χ2n) is 4.43. The lowest BCUT2D eigenvalue weighted by molar-refractivity contribution is 0.615. The highest BCUT2D eigenvalue weighted by Gasteiger charge is 2.08. The molecule has 2 N–H and O–H groups in total. The zero-order valence-corrected chi connectivity index (χ0v) is 10.2. The number of rotatable bonds is 4. The lowest BCUT2D eigenvalue weighted by Gasteiger charge is -2.11. The molecule has 0 fully saturated rings. The van der Waals surface area contributed by atoms with E-state index in [2.05, 4.69) is 23.8 Å². The summed E-state index contributed by atoms with van der Waals surface area (Å²) in [5.74, 6) is 1.56. The van der Waals surface area contributed by atoms with Gasteiger partial charge in [0.05, 0.1) is 0 Å². The molecule has 1 aromatic rings. The summed E-state index contributed by atoms with van der Waals surface area (Å²) in [4.78, 5) is 9.05. The summed E-state index contributed by atoms with van der Waals surface area (Å²) in [6.45, 7) is 9.12. The fraction of sp³-hybridized carbons (Fsp3) is 0.667. The van der Waals surface area contributed by atoms with Crippen molar-refractivity contribution in [3.05, 3.63) is 22.8 Å². The Morgan fingerprint density at radius 1 is 1.13 bits per heavy atom. The minimum atomic E-state index is 0.601.